The van der Waals surface area contributed by atoms with Crippen LogP contribution in [0.25, 0.3) is 11.1 Å². The smallest absolute Gasteiger partial charge is 0.336 e. The lowest BCUT2D eigenvalue weighted by atomic mass is 9.93. The monoisotopic (exact) mass is 335 g/mol. The van der Waals surface area contributed by atoms with E-state index in [-0.39, 0.29) is 17.5 Å². The predicted molar refractivity (Wildman–Crippen MR) is 96.0 cm³/mol. The Morgan fingerprint density at radius 2 is 1.48 bits per heavy atom. The second kappa shape index (κ2) is 6.36. The lowest BCUT2D eigenvalue weighted by Crippen LogP contribution is -2.36. The molecule has 2 aromatic carbocycles. The molecule has 0 aliphatic heterocycles. The van der Waals surface area contributed by atoms with E-state index >= 15 is 0 Å². The van der Waals surface area contributed by atoms with Crippen LogP contribution in [0.15, 0.2) is 36.4 Å². The van der Waals surface area contributed by atoms with Crippen LogP contribution in [-0.4, -0.2) is 23.0 Å². The van der Waals surface area contributed by atoms with Crippen LogP contribution in [0, 0.1) is 0 Å². The lowest BCUT2D eigenvalue weighted by molar-refractivity contribution is 0.0697. The first-order valence-electron chi connectivity index (χ1n) is 8.93. The molecule has 0 bridgehead atoms. The molecule has 0 radical (unpaired) electrons. The Labute approximate surface area is 146 Å². The SMILES string of the molecule is O=C(O)c1cccc2c1-c1c(cccc1C(=O)NC1CCCCC1)C2. The largest absolute Gasteiger partial charge is 0.478 e. The van der Waals surface area contributed by atoms with Crippen molar-refractivity contribution in [1.29, 1.82) is 0 Å². The summed E-state index contributed by atoms with van der Waals surface area (Å²) in [7, 11) is 0. The van der Waals surface area contributed by atoms with E-state index in [9.17, 15) is 14.7 Å². The molecular weight excluding hydrogens is 314 g/mol. The van der Waals surface area contributed by atoms with Crippen molar-refractivity contribution in [2.75, 3.05) is 0 Å². The van der Waals surface area contributed by atoms with Crippen molar-refractivity contribution in [1.82, 2.24) is 5.32 Å². The van der Waals surface area contributed by atoms with Gasteiger partial charge in [-0.15, -0.1) is 0 Å². The van der Waals surface area contributed by atoms with Crippen LogP contribution in [0.5, 0.6) is 0 Å². The van der Waals surface area contributed by atoms with Gasteiger partial charge in [-0.25, -0.2) is 4.79 Å². The third-order valence-corrected chi connectivity index (χ3v) is 5.35. The number of hydrogen-bond donors (Lipinski definition) is 2. The van der Waals surface area contributed by atoms with Gasteiger partial charge in [0.1, 0.15) is 0 Å². The van der Waals surface area contributed by atoms with Gasteiger partial charge in [-0.05, 0) is 48.1 Å². The van der Waals surface area contributed by atoms with Gasteiger partial charge in [-0.2, -0.15) is 0 Å². The molecule has 4 nitrogen and oxygen atoms in total. The first-order chi connectivity index (χ1) is 12.1. The summed E-state index contributed by atoms with van der Waals surface area (Å²) in [4.78, 5) is 24.6. The van der Waals surface area contributed by atoms with Crippen LogP contribution in [0.2, 0.25) is 0 Å². The molecule has 4 rings (SSSR count). The van der Waals surface area contributed by atoms with Gasteiger partial charge in [-0.3, -0.25) is 4.79 Å². The van der Waals surface area contributed by atoms with E-state index in [1.54, 1.807) is 12.1 Å². The number of hydrogen-bond acceptors (Lipinski definition) is 2. The zero-order valence-electron chi connectivity index (χ0n) is 14.0. The molecule has 2 aliphatic carbocycles. The van der Waals surface area contributed by atoms with E-state index in [0.717, 1.165) is 42.4 Å². The van der Waals surface area contributed by atoms with Crippen molar-refractivity contribution in [3.63, 3.8) is 0 Å². The third kappa shape index (κ3) is 2.82. The van der Waals surface area contributed by atoms with Crippen LogP contribution >= 0.6 is 0 Å². The van der Waals surface area contributed by atoms with E-state index in [1.807, 2.05) is 24.3 Å². The fourth-order valence-corrected chi connectivity index (χ4v) is 4.17. The van der Waals surface area contributed by atoms with Crippen molar-refractivity contribution in [3.8, 4) is 11.1 Å². The molecule has 0 aromatic heterocycles. The number of carboxylic acid groups (broad SMARTS) is 1. The molecule has 0 heterocycles. The maximum absolute atomic E-state index is 12.9. The van der Waals surface area contributed by atoms with Gasteiger partial charge in [0.25, 0.3) is 5.91 Å². The number of amides is 1. The fourth-order valence-electron chi connectivity index (χ4n) is 4.17. The number of benzene rings is 2. The predicted octanol–water partition coefficient (Wildman–Crippen LogP) is 4.02. The third-order valence-electron chi connectivity index (χ3n) is 5.35. The molecule has 128 valence electrons. The quantitative estimate of drug-likeness (QED) is 0.760. The molecule has 1 saturated carbocycles. The van der Waals surface area contributed by atoms with E-state index in [2.05, 4.69) is 5.32 Å². The summed E-state index contributed by atoms with van der Waals surface area (Å²) in [6.07, 6.45) is 6.28. The standard InChI is InChI=1S/C21H21NO3/c23-20(22-15-8-2-1-3-9-15)16-10-4-6-13-12-14-7-5-11-17(21(24)25)19(14)18(13)16/h4-7,10-11,15H,1-3,8-9,12H2,(H,22,23)(H,24,25). The van der Waals surface area contributed by atoms with E-state index in [4.69, 9.17) is 0 Å². The van der Waals surface area contributed by atoms with Gasteiger partial charge < -0.3 is 10.4 Å². The summed E-state index contributed by atoms with van der Waals surface area (Å²) in [5.41, 5.74) is 4.38. The van der Waals surface area contributed by atoms with Crippen LogP contribution in [0.4, 0.5) is 0 Å². The summed E-state index contributed by atoms with van der Waals surface area (Å²) < 4.78 is 0. The van der Waals surface area contributed by atoms with Gasteiger partial charge in [0.2, 0.25) is 0 Å². The molecule has 0 saturated heterocycles. The molecule has 4 heteroatoms. The average molecular weight is 335 g/mol. The van der Waals surface area contributed by atoms with Crippen molar-refractivity contribution >= 4 is 11.9 Å². The fraction of sp³-hybridized carbons (Fsp3) is 0.333. The Balaban J connectivity index is 1.75. The molecule has 1 amide bonds. The summed E-state index contributed by atoms with van der Waals surface area (Å²) in [5, 5.41) is 12.7. The van der Waals surface area contributed by atoms with Crippen LogP contribution < -0.4 is 5.32 Å². The number of carboxylic acids is 1. The van der Waals surface area contributed by atoms with Gasteiger partial charge in [0, 0.05) is 17.2 Å². The normalized spacial score (nSPS) is 16.2. The Kier molecular flexibility index (Phi) is 4.04. The van der Waals surface area contributed by atoms with Gasteiger partial charge in [-0.1, -0.05) is 43.5 Å². The molecule has 25 heavy (non-hydrogen) atoms. The number of fused-ring (bicyclic) bond motifs is 3. The second-order valence-electron chi connectivity index (χ2n) is 6.97. The molecule has 2 N–H and O–H groups in total. The van der Waals surface area contributed by atoms with Crippen molar-refractivity contribution < 1.29 is 14.7 Å². The van der Waals surface area contributed by atoms with Crippen molar-refractivity contribution in [2.24, 2.45) is 0 Å². The molecule has 0 unspecified atom stereocenters. The van der Waals surface area contributed by atoms with E-state index in [0.29, 0.717) is 17.5 Å². The first kappa shape index (κ1) is 15.9. The minimum Gasteiger partial charge on any atom is -0.478 e. The Hall–Kier alpha value is -2.62. The number of rotatable bonds is 3. The number of carbonyl (C=O) groups excluding carboxylic acids is 1. The highest BCUT2D eigenvalue weighted by Gasteiger charge is 2.29. The lowest BCUT2D eigenvalue weighted by Gasteiger charge is -2.23. The van der Waals surface area contributed by atoms with Gasteiger partial charge in [0.05, 0.1) is 5.56 Å². The van der Waals surface area contributed by atoms with Crippen molar-refractivity contribution in [3.05, 3.63) is 58.7 Å². The van der Waals surface area contributed by atoms with E-state index < -0.39 is 5.97 Å². The highest BCUT2D eigenvalue weighted by Crippen LogP contribution is 2.41. The molecule has 1 fully saturated rings. The average Bonchev–Trinajstić information content (AvgIpc) is 3.01. The summed E-state index contributed by atoms with van der Waals surface area (Å²) in [6.45, 7) is 0. The highest BCUT2D eigenvalue weighted by atomic mass is 16.4. The highest BCUT2D eigenvalue weighted by molar-refractivity contribution is 6.07. The van der Waals surface area contributed by atoms with Gasteiger partial charge >= 0.3 is 5.97 Å². The number of nitrogens with one attached hydrogen (secondary N) is 1. The Morgan fingerprint density at radius 3 is 2.12 bits per heavy atom. The minimum atomic E-state index is -0.952. The summed E-state index contributed by atoms with van der Waals surface area (Å²) >= 11 is 0. The van der Waals surface area contributed by atoms with Crippen molar-refractivity contribution in [2.45, 2.75) is 44.6 Å². The number of carbonyl (C=O) groups is 2. The molecule has 0 spiro atoms. The van der Waals surface area contributed by atoms with Crippen LogP contribution in [0.1, 0.15) is 63.9 Å². The maximum atomic E-state index is 12.9. The molecule has 2 aromatic rings. The summed E-state index contributed by atoms with van der Waals surface area (Å²) in [6, 6.07) is 11.3. The Bertz CT molecular complexity index is 850. The zero-order valence-corrected chi connectivity index (χ0v) is 14.0. The van der Waals surface area contributed by atoms with E-state index in [1.165, 1.54) is 6.42 Å². The summed E-state index contributed by atoms with van der Waals surface area (Å²) in [5.74, 6) is -1.04. The molecular formula is C21H21NO3. The molecule has 0 atom stereocenters. The van der Waals surface area contributed by atoms with Crippen LogP contribution in [-0.2, 0) is 6.42 Å². The number of aromatic carboxylic acids is 1. The topological polar surface area (TPSA) is 66.4 Å². The molecule has 2 aliphatic rings. The Morgan fingerprint density at radius 1 is 0.880 bits per heavy atom. The van der Waals surface area contributed by atoms with Crippen LogP contribution in [0.3, 0.4) is 0 Å². The minimum absolute atomic E-state index is 0.0863. The first-order valence-corrected chi connectivity index (χ1v) is 8.93. The zero-order chi connectivity index (χ0) is 17.4. The second-order valence-corrected chi connectivity index (χ2v) is 6.97. The van der Waals surface area contributed by atoms with Gasteiger partial charge in [0.15, 0.2) is 0 Å². The maximum Gasteiger partial charge on any atom is 0.336 e.